The predicted octanol–water partition coefficient (Wildman–Crippen LogP) is 2.51. The molecule has 2 aromatic carbocycles. The zero-order chi connectivity index (χ0) is 16.8. The number of nitrogens with one attached hydrogen (secondary N) is 1. The Balaban J connectivity index is 1.67. The molecule has 3 rings (SSSR count). The first kappa shape index (κ1) is 15.6. The van der Waals surface area contributed by atoms with Crippen molar-refractivity contribution in [3.8, 4) is 11.3 Å². The minimum atomic E-state index is -0.560. The van der Waals surface area contributed by atoms with Gasteiger partial charge in [0.05, 0.1) is 12.7 Å². The second-order valence-corrected chi connectivity index (χ2v) is 5.22. The topological polar surface area (TPSA) is 80.0 Å². The van der Waals surface area contributed by atoms with E-state index >= 15 is 0 Å². The number of hydrogen-bond acceptors (Lipinski definition) is 4. The second kappa shape index (κ2) is 7.34. The van der Waals surface area contributed by atoms with E-state index in [0.717, 1.165) is 22.4 Å². The van der Waals surface area contributed by atoms with Crippen LogP contribution < -0.4 is 5.48 Å². The van der Waals surface area contributed by atoms with Crippen LogP contribution in [0.3, 0.4) is 0 Å². The third-order valence-corrected chi connectivity index (χ3v) is 3.47. The van der Waals surface area contributed by atoms with E-state index in [1.54, 1.807) is 16.2 Å². The number of aromatic nitrogens is 3. The maximum Gasteiger partial charge on any atom is 0.267 e. The summed E-state index contributed by atoms with van der Waals surface area (Å²) in [6.07, 6.45) is 4.80. The minimum absolute atomic E-state index is 0.560. The Kier molecular flexibility index (Phi) is 4.78. The van der Waals surface area contributed by atoms with E-state index in [9.17, 15) is 4.79 Å². The molecule has 6 heteroatoms. The lowest BCUT2D eigenvalue weighted by Crippen LogP contribution is -2.14. The van der Waals surface area contributed by atoms with Crippen molar-refractivity contribution in [3.05, 3.63) is 78.0 Å². The summed E-state index contributed by atoms with van der Waals surface area (Å²) >= 11 is 0. The van der Waals surface area contributed by atoms with E-state index < -0.39 is 5.91 Å². The average Bonchev–Trinajstić information content (AvgIpc) is 3.10. The molecular formula is C18H16N4O2. The van der Waals surface area contributed by atoms with Gasteiger partial charge in [-0.3, -0.25) is 10.0 Å². The normalized spacial score (nSPS) is 10.9. The Labute approximate surface area is 139 Å². The molecule has 0 atom stereocenters. The standard InChI is InChI=1S/C18H16N4O2/c23-18(20-24)11-10-14-6-8-15(9-7-14)12-22-13-17(19-21-22)16-4-2-1-3-5-16/h1-11,13,24H,12H2,(H,20,23). The molecule has 2 N–H and O–H groups in total. The highest BCUT2D eigenvalue weighted by molar-refractivity contribution is 5.90. The van der Waals surface area contributed by atoms with Gasteiger partial charge in [-0.1, -0.05) is 59.8 Å². The molecule has 3 aromatic rings. The van der Waals surface area contributed by atoms with E-state index in [1.165, 1.54) is 6.08 Å². The van der Waals surface area contributed by atoms with Crippen molar-refractivity contribution >= 4 is 12.0 Å². The number of carbonyl (C=O) groups excluding carboxylic acids is 1. The SMILES string of the molecule is O=C(C=Cc1ccc(Cn2cc(-c3ccccc3)nn2)cc1)NO. The van der Waals surface area contributed by atoms with E-state index in [1.807, 2.05) is 60.8 Å². The number of hydrogen-bond donors (Lipinski definition) is 2. The third-order valence-electron chi connectivity index (χ3n) is 3.47. The first-order valence-corrected chi connectivity index (χ1v) is 7.41. The van der Waals surface area contributed by atoms with Crippen LogP contribution >= 0.6 is 0 Å². The lowest BCUT2D eigenvalue weighted by Gasteiger charge is -2.01. The van der Waals surface area contributed by atoms with Crippen molar-refractivity contribution in [2.45, 2.75) is 6.54 Å². The molecule has 0 bridgehead atoms. The summed E-state index contributed by atoms with van der Waals surface area (Å²) in [6, 6.07) is 17.6. The van der Waals surface area contributed by atoms with Gasteiger partial charge in [-0.15, -0.1) is 5.10 Å². The van der Waals surface area contributed by atoms with Crippen LogP contribution in [0.1, 0.15) is 11.1 Å². The lowest BCUT2D eigenvalue weighted by atomic mass is 10.1. The molecular weight excluding hydrogens is 304 g/mol. The summed E-state index contributed by atoms with van der Waals surface area (Å²) in [6.45, 7) is 0.612. The number of carbonyl (C=O) groups is 1. The van der Waals surface area contributed by atoms with Crippen LogP contribution in [0, 0.1) is 0 Å². The van der Waals surface area contributed by atoms with Gasteiger partial charge in [0.25, 0.3) is 5.91 Å². The monoisotopic (exact) mass is 320 g/mol. The van der Waals surface area contributed by atoms with Crippen LogP contribution in [0.15, 0.2) is 66.9 Å². The smallest absolute Gasteiger partial charge is 0.267 e. The van der Waals surface area contributed by atoms with Gasteiger partial charge in [0.1, 0.15) is 5.69 Å². The largest absolute Gasteiger partial charge is 0.288 e. The summed E-state index contributed by atoms with van der Waals surface area (Å²) in [5.41, 5.74) is 5.36. The van der Waals surface area contributed by atoms with Gasteiger partial charge in [0.2, 0.25) is 0 Å². The molecule has 1 heterocycles. The van der Waals surface area contributed by atoms with Crippen molar-refractivity contribution < 1.29 is 10.0 Å². The van der Waals surface area contributed by atoms with Crippen LogP contribution in [-0.2, 0) is 11.3 Å². The highest BCUT2D eigenvalue weighted by Crippen LogP contribution is 2.15. The van der Waals surface area contributed by atoms with Crippen molar-refractivity contribution in [1.82, 2.24) is 20.5 Å². The molecule has 0 spiro atoms. The van der Waals surface area contributed by atoms with Crippen LogP contribution in [0.25, 0.3) is 17.3 Å². The Bertz CT molecular complexity index is 839. The first-order valence-electron chi connectivity index (χ1n) is 7.41. The Morgan fingerprint density at radius 2 is 1.88 bits per heavy atom. The second-order valence-electron chi connectivity index (χ2n) is 5.22. The Morgan fingerprint density at radius 3 is 2.58 bits per heavy atom. The Morgan fingerprint density at radius 1 is 1.12 bits per heavy atom. The fraction of sp³-hybridized carbons (Fsp3) is 0.0556. The van der Waals surface area contributed by atoms with Crippen molar-refractivity contribution in [1.29, 1.82) is 0 Å². The number of benzene rings is 2. The molecule has 1 aromatic heterocycles. The summed E-state index contributed by atoms with van der Waals surface area (Å²) in [7, 11) is 0. The van der Waals surface area contributed by atoms with Crippen molar-refractivity contribution in [3.63, 3.8) is 0 Å². The van der Waals surface area contributed by atoms with Crippen LogP contribution in [0.5, 0.6) is 0 Å². The summed E-state index contributed by atoms with van der Waals surface area (Å²) in [4.78, 5) is 10.9. The van der Waals surface area contributed by atoms with E-state index in [4.69, 9.17) is 5.21 Å². The average molecular weight is 320 g/mol. The van der Waals surface area contributed by atoms with Crippen LogP contribution in [-0.4, -0.2) is 26.1 Å². The lowest BCUT2D eigenvalue weighted by molar-refractivity contribution is -0.124. The van der Waals surface area contributed by atoms with Crippen molar-refractivity contribution in [2.75, 3.05) is 0 Å². The van der Waals surface area contributed by atoms with Gasteiger partial charge in [0, 0.05) is 11.6 Å². The molecule has 0 saturated carbocycles. The Hall–Kier alpha value is -3.25. The fourth-order valence-corrected chi connectivity index (χ4v) is 2.25. The molecule has 6 nitrogen and oxygen atoms in total. The molecule has 0 radical (unpaired) electrons. The molecule has 24 heavy (non-hydrogen) atoms. The zero-order valence-electron chi connectivity index (χ0n) is 12.8. The maximum atomic E-state index is 10.9. The highest BCUT2D eigenvalue weighted by Gasteiger charge is 2.03. The molecule has 0 unspecified atom stereocenters. The third kappa shape index (κ3) is 3.93. The number of amides is 1. The quantitative estimate of drug-likeness (QED) is 0.430. The fourth-order valence-electron chi connectivity index (χ4n) is 2.25. The van der Waals surface area contributed by atoms with Gasteiger partial charge in [-0.05, 0) is 17.2 Å². The first-order chi connectivity index (χ1) is 11.7. The molecule has 120 valence electrons. The molecule has 0 fully saturated rings. The summed E-state index contributed by atoms with van der Waals surface area (Å²) in [5.74, 6) is -0.560. The number of hydroxylamine groups is 1. The zero-order valence-corrected chi connectivity index (χ0v) is 12.8. The maximum absolute atomic E-state index is 10.9. The van der Waals surface area contributed by atoms with E-state index in [0.29, 0.717) is 6.54 Å². The van der Waals surface area contributed by atoms with Crippen molar-refractivity contribution in [2.24, 2.45) is 0 Å². The number of nitrogens with zero attached hydrogens (tertiary/aromatic N) is 3. The molecule has 0 saturated heterocycles. The van der Waals surface area contributed by atoms with Gasteiger partial charge in [-0.2, -0.15) is 0 Å². The van der Waals surface area contributed by atoms with E-state index in [-0.39, 0.29) is 0 Å². The summed E-state index contributed by atoms with van der Waals surface area (Å²) in [5, 5.41) is 16.8. The van der Waals surface area contributed by atoms with Gasteiger partial charge in [0.15, 0.2) is 0 Å². The summed E-state index contributed by atoms with van der Waals surface area (Å²) < 4.78 is 1.78. The van der Waals surface area contributed by atoms with Gasteiger partial charge < -0.3 is 0 Å². The van der Waals surface area contributed by atoms with Gasteiger partial charge in [-0.25, -0.2) is 10.2 Å². The molecule has 1 amide bonds. The number of rotatable bonds is 5. The highest BCUT2D eigenvalue weighted by atomic mass is 16.5. The molecule has 0 aliphatic rings. The molecule has 0 aliphatic heterocycles. The van der Waals surface area contributed by atoms with Gasteiger partial charge >= 0.3 is 0 Å². The van der Waals surface area contributed by atoms with Crippen LogP contribution in [0.4, 0.5) is 0 Å². The molecule has 0 aliphatic carbocycles. The predicted molar refractivity (Wildman–Crippen MR) is 90.0 cm³/mol. The van der Waals surface area contributed by atoms with E-state index in [2.05, 4.69) is 10.3 Å². The van der Waals surface area contributed by atoms with Crippen LogP contribution in [0.2, 0.25) is 0 Å². The minimum Gasteiger partial charge on any atom is -0.288 e.